The fourth-order valence-electron chi connectivity index (χ4n) is 2.96. The average Bonchev–Trinajstić information content (AvgIpc) is 3.27. The van der Waals surface area contributed by atoms with Crippen molar-refractivity contribution in [2.75, 3.05) is 7.11 Å². The zero-order chi connectivity index (χ0) is 23.1. The van der Waals surface area contributed by atoms with Crippen LogP contribution in [-0.2, 0) is 23.2 Å². The molecule has 0 aliphatic carbocycles. The number of amides is 2. The van der Waals surface area contributed by atoms with Gasteiger partial charge in [0, 0.05) is 11.6 Å². The Morgan fingerprint density at radius 2 is 1.75 bits per heavy atom. The molecule has 0 atom stereocenters. The number of benzene rings is 2. The summed E-state index contributed by atoms with van der Waals surface area (Å²) in [6.07, 6.45) is 1.53. The number of hydrogen-bond donors (Lipinski definition) is 1. The first-order valence-corrected chi connectivity index (χ1v) is 11.4. The molecule has 0 saturated heterocycles. The molecule has 8 nitrogen and oxygen atoms in total. The number of rotatable bonds is 9. The van der Waals surface area contributed by atoms with E-state index in [2.05, 4.69) is 5.32 Å². The van der Waals surface area contributed by atoms with E-state index in [0.29, 0.717) is 17.1 Å². The second kappa shape index (κ2) is 10.2. The number of furan rings is 1. The molecular formula is C23H26N2O6S. The van der Waals surface area contributed by atoms with E-state index >= 15 is 0 Å². The summed E-state index contributed by atoms with van der Waals surface area (Å²) >= 11 is 0. The van der Waals surface area contributed by atoms with Crippen LogP contribution in [0.15, 0.2) is 76.2 Å². The van der Waals surface area contributed by atoms with E-state index in [1.165, 1.54) is 30.4 Å². The molecule has 9 heteroatoms. The van der Waals surface area contributed by atoms with Crippen molar-refractivity contribution in [2.24, 2.45) is 0 Å². The molecule has 0 aliphatic heterocycles. The lowest BCUT2D eigenvalue weighted by molar-refractivity contribution is 0.184. The number of nitrogens with one attached hydrogen (secondary N) is 1. The van der Waals surface area contributed by atoms with Crippen molar-refractivity contribution in [3.8, 4) is 11.5 Å². The normalized spacial score (nSPS) is 11.2. The highest BCUT2D eigenvalue weighted by atomic mass is 32.2. The molecule has 32 heavy (non-hydrogen) atoms. The van der Waals surface area contributed by atoms with Crippen LogP contribution in [0.2, 0.25) is 0 Å². The minimum Gasteiger partial charge on any atom is -0.497 e. The van der Waals surface area contributed by atoms with Crippen LogP contribution >= 0.6 is 0 Å². The van der Waals surface area contributed by atoms with Crippen LogP contribution in [0.3, 0.4) is 0 Å². The van der Waals surface area contributed by atoms with Gasteiger partial charge in [-0.3, -0.25) is 0 Å². The van der Waals surface area contributed by atoms with Crippen molar-refractivity contribution >= 4 is 16.1 Å². The maximum absolute atomic E-state index is 12.8. The molecule has 3 rings (SSSR count). The molecule has 1 heterocycles. The summed E-state index contributed by atoms with van der Waals surface area (Å²) in [6, 6.07) is 15.8. The van der Waals surface area contributed by atoms with Crippen molar-refractivity contribution in [3.63, 3.8) is 0 Å². The van der Waals surface area contributed by atoms with Crippen LogP contribution < -0.4 is 14.2 Å². The number of hydrogen-bond acceptors (Lipinski definition) is 6. The zero-order valence-corrected chi connectivity index (χ0v) is 19.0. The van der Waals surface area contributed by atoms with Crippen LogP contribution in [0.25, 0.3) is 0 Å². The van der Waals surface area contributed by atoms with Crippen LogP contribution in [0.5, 0.6) is 11.5 Å². The molecule has 1 N–H and O–H groups in total. The number of ether oxygens (including phenoxy) is 1. The number of para-hydroxylation sites is 1. The topological polar surface area (TPSA) is 98.1 Å². The summed E-state index contributed by atoms with van der Waals surface area (Å²) in [5, 5.41) is 2.85. The first-order valence-electron chi connectivity index (χ1n) is 10.0. The van der Waals surface area contributed by atoms with Gasteiger partial charge in [0.15, 0.2) is 0 Å². The Kier molecular flexibility index (Phi) is 7.42. The summed E-state index contributed by atoms with van der Waals surface area (Å²) in [5.74, 6) is 1.28. The average molecular weight is 459 g/mol. The highest BCUT2D eigenvalue weighted by Crippen LogP contribution is 2.26. The number of nitrogens with zero attached hydrogens (tertiary/aromatic N) is 1. The van der Waals surface area contributed by atoms with Gasteiger partial charge in [-0.05, 0) is 56.3 Å². The monoisotopic (exact) mass is 458 g/mol. The highest BCUT2D eigenvalue weighted by Gasteiger charge is 2.22. The van der Waals surface area contributed by atoms with Gasteiger partial charge in [0.2, 0.25) is 0 Å². The van der Waals surface area contributed by atoms with Crippen LogP contribution in [0, 0.1) is 0 Å². The standard InChI is InChI=1S/C23H26N2O6S/c1-17(2)24-23(26)25(16-20-8-6-14-30-20)15-18-7-4-5-9-22(18)31-32(27,28)21-12-10-19(29-3)11-13-21/h4-14,17H,15-16H2,1-3H3,(H,24,26). The fraction of sp³-hybridized carbons (Fsp3) is 0.261. The Hall–Kier alpha value is -3.46. The van der Waals surface area contributed by atoms with Gasteiger partial charge in [-0.1, -0.05) is 18.2 Å². The van der Waals surface area contributed by atoms with Gasteiger partial charge in [-0.15, -0.1) is 0 Å². The third kappa shape index (κ3) is 6.04. The van der Waals surface area contributed by atoms with Crippen molar-refractivity contribution in [1.29, 1.82) is 0 Å². The van der Waals surface area contributed by atoms with Gasteiger partial charge in [0.25, 0.3) is 0 Å². The molecule has 3 aromatic rings. The Bertz CT molecular complexity index is 1130. The van der Waals surface area contributed by atoms with Crippen molar-refractivity contribution in [3.05, 3.63) is 78.3 Å². The number of methoxy groups -OCH3 is 1. The largest absolute Gasteiger partial charge is 0.497 e. The van der Waals surface area contributed by atoms with E-state index in [4.69, 9.17) is 13.3 Å². The molecule has 1 aromatic heterocycles. The number of urea groups is 1. The second-order valence-corrected chi connectivity index (χ2v) is 8.91. The smallest absolute Gasteiger partial charge is 0.339 e. The quantitative estimate of drug-likeness (QED) is 0.483. The van der Waals surface area contributed by atoms with Gasteiger partial charge in [0.05, 0.1) is 26.5 Å². The van der Waals surface area contributed by atoms with Crippen LogP contribution in [0.4, 0.5) is 4.79 Å². The fourth-order valence-corrected chi connectivity index (χ4v) is 3.92. The van der Waals surface area contributed by atoms with E-state index in [9.17, 15) is 13.2 Å². The summed E-state index contributed by atoms with van der Waals surface area (Å²) in [7, 11) is -2.58. The first kappa shape index (κ1) is 23.2. The van der Waals surface area contributed by atoms with Gasteiger partial charge >= 0.3 is 16.1 Å². The maximum atomic E-state index is 12.8. The summed E-state index contributed by atoms with van der Waals surface area (Å²) in [6.45, 7) is 4.06. The molecule has 0 aliphatic rings. The molecular weight excluding hydrogens is 432 g/mol. The van der Waals surface area contributed by atoms with E-state index in [-0.39, 0.29) is 35.8 Å². The maximum Gasteiger partial charge on any atom is 0.339 e. The summed E-state index contributed by atoms with van der Waals surface area (Å²) in [4.78, 5) is 14.3. The van der Waals surface area contributed by atoms with Crippen molar-refractivity contribution in [1.82, 2.24) is 10.2 Å². The lowest BCUT2D eigenvalue weighted by atomic mass is 10.2. The predicted molar refractivity (Wildman–Crippen MR) is 119 cm³/mol. The Morgan fingerprint density at radius 3 is 2.38 bits per heavy atom. The molecule has 170 valence electrons. The molecule has 0 spiro atoms. The number of carbonyl (C=O) groups is 1. The summed E-state index contributed by atoms with van der Waals surface area (Å²) < 4.78 is 41.5. The molecule has 0 fully saturated rings. The third-order valence-electron chi connectivity index (χ3n) is 4.51. The molecule has 2 amide bonds. The highest BCUT2D eigenvalue weighted by molar-refractivity contribution is 7.87. The summed E-state index contributed by atoms with van der Waals surface area (Å²) in [5.41, 5.74) is 0.537. The van der Waals surface area contributed by atoms with E-state index in [1.54, 1.807) is 48.5 Å². The van der Waals surface area contributed by atoms with Crippen molar-refractivity contribution in [2.45, 2.75) is 37.9 Å². The minimum absolute atomic E-state index is 0.00176. The molecule has 2 aromatic carbocycles. The van der Waals surface area contributed by atoms with Gasteiger partial charge < -0.3 is 23.6 Å². The third-order valence-corrected chi connectivity index (χ3v) is 5.76. The van der Waals surface area contributed by atoms with Gasteiger partial charge in [-0.2, -0.15) is 8.42 Å². The molecule has 0 unspecified atom stereocenters. The number of carbonyl (C=O) groups excluding carboxylic acids is 1. The zero-order valence-electron chi connectivity index (χ0n) is 18.1. The lowest BCUT2D eigenvalue weighted by Crippen LogP contribution is -2.42. The van der Waals surface area contributed by atoms with Crippen molar-refractivity contribution < 1.29 is 26.5 Å². The Labute approximate surface area is 187 Å². The van der Waals surface area contributed by atoms with Crippen LogP contribution in [0.1, 0.15) is 25.2 Å². The SMILES string of the molecule is COc1ccc(S(=O)(=O)Oc2ccccc2CN(Cc2ccco2)C(=O)NC(C)C)cc1. The van der Waals surface area contributed by atoms with E-state index < -0.39 is 10.1 Å². The molecule has 0 bridgehead atoms. The molecule has 0 saturated carbocycles. The predicted octanol–water partition coefficient (Wildman–Crippen LogP) is 4.18. The first-order chi connectivity index (χ1) is 15.3. The second-order valence-electron chi connectivity index (χ2n) is 7.36. The van der Waals surface area contributed by atoms with Crippen LogP contribution in [-0.4, -0.2) is 32.5 Å². The van der Waals surface area contributed by atoms with E-state index in [1.807, 2.05) is 13.8 Å². The molecule has 0 radical (unpaired) electrons. The van der Waals surface area contributed by atoms with Gasteiger partial charge in [0.1, 0.15) is 22.2 Å². The van der Waals surface area contributed by atoms with E-state index in [0.717, 1.165) is 0 Å². The minimum atomic E-state index is -4.08. The Morgan fingerprint density at radius 1 is 1.03 bits per heavy atom. The Balaban J connectivity index is 1.85. The van der Waals surface area contributed by atoms with Gasteiger partial charge in [-0.25, -0.2) is 4.79 Å². The lowest BCUT2D eigenvalue weighted by Gasteiger charge is -2.24.